The van der Waals surface area contributed by atoms with Gasteiger partial charge in [0.1, 0.15) is 0 Å². The van der Waals surface area contributed by atoms with Crippen LogP contribution in [-0.2, 0) is 0 Å². The Morgan fingerprint density at radius 1 is 1.07 bits per heavy atom. The Labute approximate surface area is 94.2 Å². The van der Waals surface area contributed by atoms with Crippen molar-refractivity contribution in [2.45, 2.75) is 70.3 Å². The molecule has 0 bridgehead atoms. The summed E-state index contributed by atoms with van der Waals surface area (Å²) < 4.78 is 0. The molecule has 0 aromatic carbocycles. The first-order chi connectivity index (χ1) is 6.59. The molecule has 0 amide bonds. The molecule has 0 spiro atoms. The monoisotopic (exact) mass is 214 g/mol. The minimum atomic E-state index is 0.813. The zero-order valence-electron chi connectivity index (χ0n) is 10.3. The molecule has 0 aromatic heterocycles. The van der Waals surface area contributed by atoms with Crippen molar-refractivity contribution in [3.05, 3.63) is 0 Å². The smallest absolute Gasteiger partial charge is 0.00779 e. The van der Waals surface area contributed by atoms with E-state index in [1.165, 1.54) is 32.1 Å². The molecule has 0 aromatic rings. The first-order valence-electron chi connectivity index (χ1n) is 6.25. The van der Waals surface area contributed by atoms with Gasteiger partial charge in [0.25, 0.3) is 0 Å². The lowest BCUT2D eigenvalue weighted by atomic mass is 9.81. The number of thioether (sulfide) groups is 1. The average Bonchev–Trinajstić information content (AvgIpc) is 1.95. The van der Waals surface area contributed by atoms with Crippen LogP contribution in [0.15, 0.2) is 0 Å². The quantitative estimate of drug-likeness (QED) is 0.616. The van der Waals surface area contributed by atoms with Gasteiger partial charge in [0.2, 0.25) is 0 Å². The van der Waals surface area contributed by atoms with Gasteiger partial charge in [-0.2, -0.15) is 11.8 Å². The zero-order chi connectivity index (χ0) is 10.6. The Bertz CT molecular complexity index is 147. The molecule has 1 heteroatoms. The van der Waals surface area contributed by atoms with E-state index in [1.807, 2.05) is 0 Å². The van der Waals surface area contributed by atoms with Gasteiger partial charge in [-0.3, -0.25) is 0 Å². The lowest BCUT2D eigenvalue weighted by Crippen LogP contribution is -2.26. The van der Waals surface area contributed by atoms with E-state index in [1.54, 1.807) is 0 Å². The summed E-state index contributed by atoms with van der Waals surface area (Å²) in [5.41, 5.74) is 0. The van der Waals surface area contributed by atoms with Crippen molar-refractivity contribution in [3.8, 4) is 0 Å². The lowest BCUT2D eigenvalue weighted by Gasteiger charge is -2.34. The van der Waals surface area contributed by atoms with Crippen LogP contribution in [0.1, 0.15) is 59.8 Å². The van der Waals surface area contributed by atoms with Crippen LogP contribution < -0.4 is 0 Å². The number of hydrogen-bond acceptors (Lipinski definition) is 1. The van der Waals surface area contributed by atoms with Crippen LogP contribution in [0.4, 0.5) is 0 Å². The van der Waals surface area contributed by atoms with E-state index < -0.39 is 0 Å². The molecule has 0 aliphatic heterocycles. The summed E-state index contributed by atoms with van der Waals surface area (Å²) in [4.78, 5) is 0. The van der Waals surface area contributed by atoms with E-state index >= 15 is 0 Å². The Hall–Kier alpha value is 0.350. The Kier molecular flexibility index (Phi) is 5.36. The van der Waals surface area contributed by atoms with Crippen LogP contribution in [0.25, 0.3) is 0 Å². The molecule has 1 aliphatic rings. The third kappa shape index (κ3) is 4.25. The topological polar surface area (TPSA) is 0 Å². The molecule has 0 N–H and O–H groups in total. The molecular formula is C13H26S. The third-order valence-electron chi connectivity index (χ3n) is 3.15. The fourth-order valence-electron chi connectivity index (χ4n) is 2.07. The lowest BCUT2D eigenvalue weighted by molar-refractivity contribution is 0.291. The van der Waals surface area contributed by atoms with Crippen molar-refractivity contribution >= 4 is 11.8 Å². The highest BCUT2D eigenvalue weighted by Gasteiger charge is 2.27. The van der Waals surface area contributed by atoms with Crippen molar-refractivity contribution in [3.63, 3.8) is 0 Å². The van der Waals surface area contributed by atoms with Gasteiger partial charge in [-0.15, -0.1) is 0 Å². The Morgan fingerprint density at radius 3 is 2.07 bits per heavy atom. The highest BCUT2D eigenvalue weighted by Crippen LogP contribution is 2.39. The predicted molar refractivity (Wildman–Crippen MR) is 67.9 cm³/mol. The van der Waals surface area contributed by atoms with Gasteiger partial charge in [-0.25, -0.2) is 0 Å². The van der Waals surface area contributed by atoms with Gasteiger partial charge in [0.05, 0.1) is 0 Å². The summed E-state index contributed by atoms with van der Waals surface area (Å²) >= 11 is 2.23. The average molecular weight is 214 g/mol. The first kappa shape index (κ1) is 12.4. The Balaban J connectivity index is 2.28. The van der Waals surface area contributed by atoms with E-state index in [2.05, 4.69) is 39.5 Å². The molecule has 0 radical (unpaired) electrons. The standard InChI is InChI=1S/C13H26S/c1-10(2)8-9-13(14-11(3)4)12-6-5-7-12/h10-13H,5-9H2,1-4H3/t13-/m0/s1. The summed E-state index contributed by atoms with van der Waals surface area (Å²) in [6, 6.07) is 0. The molecule has 0 unspecified atom stereocenters. The van der Waals surface area contributed by atoms with Gasteiger partial charge in [0, 0.05) is 5.25 Å². The van der Waals surface area contributed by atoms with Gasteiger partial charge >= 0.3 is 0 Å². The molecule has 1 rings (SSSR count). The van der Waals surface area contributed by atoms with Crippen molar-refractivity contribution in [1.82, 2.24) is 0 Å². The van der Waals surface area contributed by atoms with Crippen LogP contribution in [0.2, 0.25) is 0 Å². The maximum atomic E-state index is 2.35. The van der Waals surface area contributed by atoms with Gasteiger partial charge in [-0.05, 0) is 42.8 Å². The van der Waals surface area contributed by atoms with Crippen molar-refractivity contribution in [2.75, 3.05) is 0 Å². The molecule has 84 valence electrons. The van der Waals surface area contributed by atoms with Crippen molar-refractivity contribution < 1.29 is 0 Å². The second-order valence-corrected chi connectivity index (χ2v) is 7.21. The SMILES string of the molecule is CC(C)CC[C@H](SC(C)C)C1CCC1. The fraction of sp³-hybridized carbons (Fsp3) is 1.00. The second-order valence-electron chi connectivity index (χ2n) is 5.39. The van der Waals surface area contributed by atoms with Crippen molar-refractivity contribution in [2.24, 2.45) is 11.8 Å². The molecule has 1 aliphatic carbocycles. The van der Waals surface area contributed by atoms with E-state index in [-0.39, 0.29) is 0 Å². The summed E-state index contributed by atoms with van der Waals surface area (Å²) in [6.07, 6.45) is 7.36. The first-order valence-corrected chi connectivity index (χ1v) is 7.19. The van der Waals surface area contributed by atoms with Crippen LogP contribution in [0, 0.1) is 11.8 Å². The largest absolute Gasteiger partial charge is 0.155 e. The normalized spacial score (nSPS) is 20.1. The summed E-state index contributed by atoms with van der Waals surface area (Å²) in [5, 5.41) is 1.78. The van der Waals surface area contributed by atoms with Crippen molar-refractivity contribution in [1.29, 1.82) is 0 Å². The molecule has 1 saturated carbocycles. The second kappa shape index (κ2) is 6.05. The van der Waals surface area contributed by atoms with Gasteiger partial charge in [0.15, 0.2) is 0 Å². The van der Waals surface area contributed by atoms with Gasteiger partial charge in [-0.1, -0.05) is 34.1 Å². The van der Waals surface area contributed by atoms with E-state index in [0.29, 0.717) is 0 Å². The highest BCUT2D eigenvalue weighted by atomic mass is 32.2. The molecule has 14 heavy (non-hydrogen) atoms. The van der Waals surface area contributed by atoms with Gasteiger partial charge < -0.3 is 0 Å². The van der Waals surface area contributed by atoms with E-state index in [0.717, 1.165) is 22.3 Å². The third-order valence-corrected chi connectivity index (χ3v) is 4.67. The molecular weight excluding hydrogens is 188 g/mol. The molecule has 0 saturated heterocycles. The van der Waals surface area contributed by atoms with Crippen LogP contribution in [0.3, 0.4) is 0 Å². The maximum Gasteiger partial charge on any atom is 0.00779 e. The summed E-state index contributed by atoms with van der Waals surface area (Å²) in [7, 11) is 0. The molecule has 0 nitrogen and oxygen atoms in total. The van der Waals surface area contributed by atoms with Crippen LogP contribution in [-0.4, -0.2) is 10.5 Å². The summed E-state index contributed by atoms with van der Waals surface area (Å²) in [6.45, 7) is 9.37. The maximum absolute atomic E-state index is 2.35. The predicted octanol–water partition coefficient (Wildman–Crippen LogP) is 4.73. The minimum Gasteiger partial charge on any atom is -0.155 e. The summed E-state index contributed by atoms with van der Waals surface area (Å²) in [5.74, 6) is 1.94. The van der Waals surface area contributed by atoms with E-state index in [9.17, 15) is 0 Å². The number of rotatable bonds is 6. The fourth-order valence-corrected chi connectivity index (χ4v) is 3.54. The van der Waals surface area contributed by atoms with E-state index in [4.69, 9.17) is 0 Å². The number of hydrogen-bond donors (Lipinski definition) is 0. The van der Waals surface area contributed by atoms with Crippen LogP contribution in [0.5, 0.6) is 0 Å². The molecule has 1 fully saturated rings. The molecule has 0 heterocycles. The highest BCUT2D eigenvalue weighted by molar-refractivity contribution is 8.00. The Morgan fingerprint density at radius 2 is 1.71 bits per heavy atom. The van der Waals surface area contributed by atoms with Crippen LogP contribution >= 0.6 is 11.8 Å². The minimum absolute atomic E-state index is 0.813. The zero-order valence-corrected chi connectivity index (χ0v) is 11.1. The molecule has 1 atom stereocenters.